The van der Waals surface area contributed by atoms with Crippen LogP contribution in [0, 0.1) is 6.92 Å². The third kappa shape index (κ3) is 5.20. The number of ether oxygens (including phenoxy) is 2. The van der Waals surface area contributed by atoms with E-state index in [0.29, 0.717) is 24.3 Å². The summed E-state index contributed by atoms with van der Waals surface area (Å²) >= 11 is 0. The molecule has 0 aliphatic carbocycles. The molecule has 0 amide bonds. The molecular weight excluding hydrogens is 330 g/mol. The third-order valence-electron chi connectivity index (χ3n) is 3.61. The molecular formula is C20H27N3O3. The predicted molar refractivity (Wildman–Crippen MR) is 102 cm³/mol. The van der Waals surface area contributed by atoms with Crippen LogP contribution in [0.3, 0.4) is 0 Å². The first-order valence-electron chi connectivity index (χ1n) is 8.56. The average molecular weight is 357 g/mol. The summed E-state index contributed by atoms with van der Waals surface area (Å²) in [6.45, 7) is 7.83. The van der Waals surface area contributed by atoms with Gasteiger partial charge >= 0.3 is 5.97 Å². The van der Waals surface area contributed by atoms with Gasteiger partial charge in [-0.3, -0.25) is 0 Å². The molecule has 26 heavy (non-hydrogen) atoms. The molecule has 0 radical (unpaired) electrons. The average Bonchev–Trinajstić information content (AvgIpc) is 2.99. The standard InChI is InChI=1S/C20H27N3O3/c1-14-12-23(13-22-14)17-7-6-15(11-18(17)25-5)10-16(8-9-21)19(24)26-20(2,3)4/h6-7,10-13H,8-9,21H2,1-5H3/b16-10+. The number of aromatic nitrogens is 2. The number of hydrogen-bond acceptors (Lipinski definition) is 5. The number of esters is 1. The van der Waals surface area contributed by atoms with E-state index < -0.39 is 5.60 Å². The van der Waals surface area contributed by atoms with Gasteiger partial charge in [-0.25, -0.2) is 9.78 Å². The summed E-state index contributed by atoms with van der Waals surface area (Å²) in [6, 6.07) is 5.74. The van der Waals surface area contributed by atoms with Crippen LogP contribution in [0.4, 0.5) is 0 Å². The summed E-state index contributed by atoms with van der Waals surface area (Å²) in [5, 5.41) is 0. The summed E-state index contributed by atoms with van der Waals surface area (Å²) in [7, 11) is 1.62. The molecule has 0 unspecified atom stereocenters. The van der Waals surface area contributed by atoms with Gasteiger partial charge in [-0.1, -0.05) is 6.07 Å². The molecule has 6 heteroatoms. The Balaban J connectivity index is 2.36. The molecule has 0 saturated heterocycles. The molecule has 2 N–H and O–H groups in total. The minimum absolute atomic E-state index is 0.351. The number of carbonyl (C=O) groups is 1. The van der Waals surface area contributed by atoms with Gasteiger partial charge in [0, 0.05) is 11.8 Å². The summed E-state index contributed by atoms with van der Waals surface area (Å²) in [6.07, 6.45) is 5.91. The van der Waals surface area contributed by atoms with Gasteiger partial charge in [0.1, 0.15) is 11.4 Å². The minimum Gasteiger partial charge on any atom is -0.495 e. The van der Waals surface area contributed by atoms with E-state index in [1.807, 2.05) is 56.7 Å². The fraction of sp³-hybridized carbons (Fsp3) is 0.400. The Morgan fingerprint density at radius 3 is 2.62 bits per heavy atom. The smallest absolute Gasteiger partial charge is 0.334 e. The van der Waals surface area contributed by atoms with Crippen molar-refractivity contribution in [1.29, 1.82) is 0 Å². The van der Waals surface area contributed by atoms with E-state index in [9.17, 15) is 4.79 Å². The number of benzene rings is 1. The first-order valence-corrected chi connectivity index (χ1v) is 8.56. The van der Waals surface area contributed by atoms with Crippen LogP contribution >= 0.6 is 0 Å². The van der Waals surface area contributed by atoms with Crippen LogP contribution in [0.2, 0.25) is 0 Å². The fourth-order valence-electron chi connectivity index (χ4n) is 2.48. The van der Waals surface area contributed by atoms with E-state index >= 15 is 0 Å². The highest BCUT2D eigenvalue weighted by atomic mass is 16.6. The zero-order valence-electron chi connectivity index (χ0n) is 16.1. The van der Waals surface area contributed by atoms with Crippen LogP contribution in [-0.4, -0.2) is 34.8 Å². The Morgan fingerprint density at radius 2 is 2.08 bits per heavy atom. The summed E-state index contributed by atoms with van der Waals surface area (Å²) in [4.78, 5) is 16.7. The SMILES string of the molecule is COc1cc(/C=C(\CCN)C(=O)OC(C)(C)C)ccc1-n1cnc(C)c1. The number of methoxy groups -OCH3 is 1. The van der Waals surface area contributed by atoms with Crippen molar-refractivity contribution in [2.75, 3.05) is 13.7 Å². The molecule has 0 fully saturated rings. The Labute approximate surface area is 154 Å². The molecule has 6 nitrogen and oxygen atoms in total. The largest absolute Gasteiger partial charge is 0.495 e. The van der Waals surface area contributed by atoms with Crippen molar-refractivity contribution in [3.05, 3.63) is 47.6 Å². The van der Waals surface area contributed by atoms with Crippen molar-refractivity contribution in [3.63, 3.8) is 0 Å². The van der Waals surface area contributed by atoms with Crippen molar-refractivity contribution in [2.24, 2.45) is 5.73 Å². The third-order valence-corrected chi connectivity index (χ3v) is 3.61. The van der Waals surface area contributed by atoms with E-state index in [1.54, 1.807) is 19.5 Å². The van der Waals surface area contributed by atoms with E-state index in [0.717, 1.165) is 16.9 Å². The van der Waals surface area contributed by atoms with Crippen molar-refractivity contribution in [1.82, 2.24) is 9.55 Å². The van der Waals surface area contributed by atoms with Crippen LogP contribution in [0.1, 0.15) is 38.4 Å². The lowest BCUT2D eigenvalue weighted by atomic mass is 10.1. The molecule has 1 aromatic carbocycles. The maximum Gasteiger partial charge on any atom is 0.334 e. The Morgan fingerprint density at radius 1 is 1.35 bits per heavy atom. The highest BCUT2D eigenvalue weighted by Gasteiger charge is 2.19. The molecule has 2 rings (SSSR count). The number of hydrogen-bond donors (Lipinski definition) is 1. The minimum atomic E-state index is -0.550. The second-order valence-corrected chi connectivity index (χ2v) is 7.06. The van der Waals surface area contributed by atoms with E-state index in [2.05, 4.69) is 4.98 Å². The van der Waals surface area contributed by atoms with Gasteiger partial charge in [0.2, 0.25) is 0 Å². The summed E-state index contributed by atoms with van der Waals surface area (Å²) in [5.74, 6) is 0.337. The van der Waals surface area contributed by atoms with E-state index in [-0.39, 0.29) is 5.97 Å². The topological polar surface area (TPSA) is 79.4 Å². The molecule has 140 valence electrons. The summed E-state index contributed by atoms with van der Waals surface area (Å²) in [5.41, 5.74) is 8.29. The molecule has 0 aliphatic rings. The number of imidazole rings is 1. The highest BCUT2D eigenvalue weighted by molar-refractivity contribution is 5.94. The molecule has 1 heterocycles. The van der Waals surface area contributed by atoms with Crippen LogP contribution in [-0.2, 0) is 9.53 Å². The predicted octanol–water partition coefficient (Wildman–Crippen LogP) is 3.26. The van der Waals surface area contributed by atoms with Crippen molar-refractivity contribution >= 4 is 12.0 Å². The molecule has 0 spiro atoms. The zero-order valence-corrected chi connectivity index (χ0v) is 16.1. The first kappa shape index (κ1) is 19.7. The molecule has 0 aliphatic heterocycles. The molecule has 1 aromatic heterocycles. The Bertz CT molecular complexity index is 801. The number of nitrogens with zero attached hydrogens (tertiary/aromatic N) is 2. The molecule has 0 bridgehead atoms. The van der Waals surface area contributed by atoms with Gasteiger partial charge in [-0.2, -0.15) is 0 Å². The lowest BCUT2D eigenvalue weighted by Gasteiger charge is -2.20. The van der Waals surface area contributed by atoms with Crippen molar-refractivity contribution in [2.45, 2.75) is 39.7 Å². The number of nitrogens with two attached hydrogens (primary N) is 1. The Hall–Kier alpha value is -2.60. The normalized spacial score (nSPS) is 12.2. The molecule has 0 atom stereocenters. The van der Waals surface area contributed by atoms with Gasteiger partial charge in [0.15, 0.2) is 0 Å². The quantitative estimate of drug-likeness (QED) is 0.634. The van der Waals surface area contributed by atoms with Crippen LogP contribution in [0.15, 0.2) is 36.3 Å². The second-order valence-electron chi connectivity index (χ2n) is 7.06. The lowest BCUT2D eigenvalue weighted by molar-refractivity contribution is -0.149. The van der Waals surface area contributed by atoms with Gasteiger partial charge in [-0.15, -0.1) is 0 Å². The zero-order chi connectivity index (χ0) is 19.3. The van der Waals surface area contributed by atoms with Crippen LogP contribution < -0.4 is 10.5 Å². The monoisotopic (exact) mass is 357 g/mol. The number of carbonyl (C=O) groups excluding carboxylic acids is 1. The van der Waals surface area contributed by atoms with Crippen LogP contribution in [0.25, 0.3) is 11.8 Å². The maximum absolute atomic E-state index is 12.4. The number of aryl methyl sites for hydroxylation is 1. The fourth-order valence-corrected chi connectivity index (χ4v) is 2.48. The molecule has 0 saturated carbocycles. The van der Waals surface area contributed by atoms with Gasteiger partial charge in [0.25, 0.3) is 0 Å². The highest BCUT2D eigenvalue weighted by Crippen LogP contribution is 2.26. The maximum atomic E-state index is 12.4. The van der Waals surface area contributed by atoms with E-state index in [4.69, 9.17) is 15.2 Å². The van der Waals surface area contributed by atoms with Gasteiger partial charge in [-0.05, 0) is 64.4 Å². The van der Waals surface area contributed by atoms with Gasteiger partial charge < -0.3 is 19.8 Å². The lowest BCUT2D eigenvalue weighted by Crippen LogP contribution is -2.25. The van der Waals surface area contributed by atoms with Crippen molar-refractivity contribution < 1.29 is 14.3 Å². The second kappa shape index (κ2) is 8.19. The Kier molecular flexibility index (Phi) is 6.21. The summed E-state index contributed by atoms with van der Waals surface area (Å²) < 4.78 is 12.9. The van der Waals surface area contributed by atoms with Crippen molar-refractivity contribution in [3.8, 4) is 11.4 Å². The molecule has 2 aromatic rings. The van der Waals surface area contributed by atoms with Gasteiger partial charge in [0.05, 0.1) is 24.8 Å². The number of rotatable bonds is 6. The van der Waals surface area contributed by atoms with Crippen LogP contribution in [0.5, 0.6) is 5.75 Å². The van der Waals surface area contributed by atoms with E-state index in [1.165, 1.54) is 0 Å². The first-order chi connectivity index (χ1) is 12.2.